The molecule has 0 aliphatic rings. The zero-order valence-electron chi connectivity index (χ0n) is 18.6. The maximum atomic E-state index is 12.2. The number of rotatable bonds is 8. The molecule has 8 nitrogen and oxygen atoms in total. The van der Waals surface area contributed by atoms with E-state index in [1.165, 1.54) is 26.5 Å². The number of ether oxygens (including phenoxy) is 3. The first-order chi connectivity index (χ1) is 16.8. The van der Waals surface area contributed by atoms with Crippen molar-refractivity contribution in [1.29, 1.82) is 0 Å². The Labute approximate surface area is 220 Å². The van der Waals surface area contributed by atoms with Crippen LogP contribution in [-0.2, 0) is 16.2 Å². The van der Waals surface area contributed by atoms with Crippen molar-refractivity contribution in [1.82, 2.24) is 5.43 Å². The van der Waals surface area contributed by atoms with Crippen LogP contribution in [0.25, 0.3) is 0 Å². The number of amides is 2. The number of hydrogen-bond donors (Lipinski definition) is 2. The molecule has 0 saturated carbocycles. The molecule has 0 fully saturated rings. The predicted octanol–water partition coefficient (Wildman–Crippen LogP) is 5.44. The Morgan fingerprint density at radius 2 is 1.74 bits per heavy atom. The van der Waals surface area contributed by atoms with Crippen molar-refractivity contribution in [2.45, 2.75) is 6.61 Å². The summed E-state index contributed by atoms with van der Waals surface area (Å²) in [5.74, 6) is -0.653. The summed E-state index contributed by atoms with van der Waals surface area (Å²) in [6, 6.07) is 15.4. The van der Waals surface area contributed by atoms with Crippen LogP contribution in [0, 0.1) is 0 Å². The summed E-state index contributed by atoms with van der Waals surface area (Å²) in [6.07, 6.45) is 1.36. The minimum Gasteiger partial charge on any atom is -0.495 e. The van der Waals surface area contributed by atoms with Crippen molar-refractivity contribution >= 4 is 62.8 Å². The SMILES string of the molecule is COc1ccc(Cl)cc1NC(=O)C(=O)N/N=C/c1cc(Br)c(OCc2ccccc2Cl)c(OC)c1. The van der Waals surface area contributed by atoms with Gasteiger partial charge in [0.2, 0.25) is 0 Å². The first-order valence-electron chi connectivity index (χ1n) is 10.0. The summed E-state index contributed by atoms with van der Waals surface area (Å²) in [6.45, 7) is 0.241. The molecule has 0 saturated heterocycles. The lowest BCUT2D eigenvalue weighted by atomic mass is 10.2. The molecule has 0 heterocycles. The molecule has 3 rings (SSSR count). The second-order valence-corrected chi connectivity index (χ2v) is 8.61. The first kappa shape index (κ1) is 26.3. The van der Waals surface area contributed by atoms with Crippen LogP contribution in [-0.4, -0.2) is 32.2 Å². The van der Waals surface area contributed by atoms with E-state index in [2.05, 4.69) is 31.8 Å². The van der Waals surface area contributed by atoms with E-state index in [9.17, 15) is 9.59 Å². The number of hydrogen-bond acceptors (Lipinski definition) is 6. The fourth-order valence-corrected chi connectivity index (χ4v) is 3.83. The molecule has 11 heteroatoms. The van der Waals surface area contributed by atoms with Gasteiger partial charge >= 0.3 is 11.8 Å². The van der Waals surface area contributed by atoms with Gasteiger partial charge in [0.15, 0.2) is 11.5 Å². The molecule has 35 heavy (non-hydrogen) atoms. The second kappa shape index (κ2) is 12.4. The number of benzene rings is 3. The van der Waals surface area contributed by atoms with E-state index in [1.807, 2.05) is 18.2 Å². The van der Waals surface area contributed by atoms with Crippen molar-refractivity contribution in [3.8, 4) is 17.2 Å². The van der Waals surface area contributed by atoms with Gasteiger partial charge in [-0.3, -0.25) is 9.59 Å². The van der Waals surface area contributed by atoms with E-state index in [4.69, 9.17) is 37.4 Å². The summed E-state index contributed by atoms with van der Waals surface area (Å²) in [5, 5.41) is 7.24. The monoisotopic (exact) mass is 579 g/mol. The molecule has 0 aliphatic carbocycles. The molecule has 2 amide bonds. The average molecular weight is 581 g/mol. The molecule has 0 spiro atoms. The lowest BCUT2D eigenvalue weighted by molar-refractivity contribution is -0.136. The van der Waals surface area contributed by atoms with Gasteiger partial charge in [-0.15, -0.1) is 0 Å². The summed E-state index contributed by atoms with van der Waals surface area (Å²) >= 11 is 15.6. The number of methoxy groups -OCH3 is 2. The van der Waals surface area contributed by atoms with Gasteiger partial charge in [0.1, 0.15) is 12.4 Å². The van der Waals surface area contributed by atoms with Crippen LogP contribution in [0.5, 0.6) is 17.2 Å². The van der Waals surface area contributed by atoms with Crippen LogP contribution in [0.3, 0.4) is 0 Å². The van der Waals surface area contributed by atoms with E-state index >= 15 is 0 Å². The zero-order chi connectivity index (χ0) is 25.4. The van der Waals surface area contributed by atoms with Gasteiger partial charge in [0.05, 0.1) is 30.6 Å². The Balaban J connectivity index is 1.65. The normalized spacial score (nSPS) is 10.7. The third-order valence-corrected chi connectivity index (χ3v) is 5.77. The summed E-state index contributed by atoms with van der Waals surface area (Å²) in [4.78, 5) is 24.3. The Kier molecular flexibility index (Phi) is 9.36. The molecule has 0 radical (unpaired) electrons. The van der Waals surface area contributed by atoms with Crippen LogP contribution in [0.2, 0.25) is 10.0 Å². The summed E-state index contributed by atoms with van der Waals surface area (Å²) in [5.41, 5.74) is 3.83. The molecule has 2 N–H and O–H groups in total. The highest BCUT2D eigenvalue weighted by Gasteiger charge is 2.16. The molecule has 3 aromatic rings. The topological polar surface area (TPSA) is 98.2 Å². The van der Waals surface area contributed by atoms with E-state index < -0.39 is 11.8 Å². The average Bonchev–Trinajstić information content (AvgIpc) is 2.84. The van der Waals surface area contributed by atoms with Crippen LogP contribution >= 0.6 is 39.1 Å². The van der Waals surface area contributed by atoms with Crippen molar-refractivity contribution < 1.29 is 23.8 Å². The Hall–Kier alpha value is -3.27. The Bertz CT molecular complexity index is 1270. The maximum Gasteiger partial charge on any atom is 0.329 e. The van der Waals surface area contributed by atoms with Crippen LogP contribution in [0.4, 0.5) is 5.69 Å². The van der Waals surface area contributed by atoms with Gasteiger partial charge in [-0.05, 0) is 57.9 Å². The molecule has 0 aromatic heterocycles. The molecule has 0 bridgehead atoms. The largest absolute Gasteiger partial charge is 0.495 e. The third-order valence-electron chi connectivity index (χ3n) is 4.58. The fourth-order valence-electron chi connectivity index (χ4n) is 2.89. The third kappa shape index (κ3) is 7.11. The molecular weight excluding hydrogens is 561 g/mol. The van der Waals surface area contributed by atoms with Crippen LogP contribution < -0.4 is 25.0 Å². The molecule has 182 valence electrons. The molecule has 0 unspecified atom stereocenters. The molecular formula is C24H20BrCl2N3O5. The lowest BCUT2D eigenvalue weighted by Crippen LogP contribution is -2.32. The van der Waals surface area contributed by atoms with Gasteiger partial charge in [0.25, 0.3) is 0 Å². The number of nitrogens with zero attached hydrogens (tertiary/aromatic N) is 1. The fraction of sp³-hybridized carbons (Fsp3) is 0.125. The quantitative estimate of drug-likeness (QED) is 0.210. The number of anilines is 1. The van der Waals surface area contributed by atoms with Crippen molar-refractivity contribution in [2.24, 2.45) is 5.10 Å². The van der Waals surface area contributed by atoms with Crippen LogP contribution in [0.15, 0.2) is 64.2 Å². The number of nitrogens with one attached hydrogen (secondary N) is 2. The van der Waals surface area contributed by atoms with Gasteiger partial charge in [0, 0.05) is 15.6 Å². The highest BCUT2D eigenvalue weighted by molar-refractivity contribution is 9.10. The second-order valence-electron chi connectivity index (χ2n) is 6.91. The van der Waals surface area contributed by atoms with Crippen molar-refractivity contribution in [2.75, 3.05) is 19.5 Å². The lowest BCUT2D eigenvalue weighted by Gasteiger charge is -2.14. The van der Waals surface area contributed by atoms with E-state index in [0.29, 0.717) is 37.3 Å². The Morgan fingerprint density at radius 1 is 1.00 bits per heavy atom. The van der Waals surface area contributed by atoms with E-state index in [0.717, 1.165) is 5.56 Å². The van der Waals surface area contributed by atoms with Gasteiger partial charge < -0.3 is 19.5 Å². The zero-order valence-corrected chi connectivity index (χ0v) is 21.7. The standard InChI is InChI=1S/C24H20BrCl2N3O5/c1-33-20-8-7-16(26)11-19(20)29-23(31)24(32)30-28-12-14-9-17(25)22(21(10-14)34-2)35-13-15-5-3-4-6-18(15)27/h3-12H,13H2,1-2H3,(H,29,31)(H,30,32)/b28-12+. The molecule has 0 atom stereocenters. The van der Waals surface area contributed by atoms with Gasteiger partial charge in [-0.2, -0.15) is 5.10 Å². The van der Waals surface area contributed by atoms with E-state index in [1.54, 1.807) is 30.3 Å². The van der Waals surface area contributed by atoms with Crippen LogP contribution in [0.1, 0.15) is 11.1 Å². The molecule has 0 aliphatic heterocycles. The highest BCUT2D eigenvalue weighted by atomic mass is 79.9. The molecule has 3 aromatic carbocycles. The summed E-state index contributed by atoms with van der Waals surface area (Å²) < 4.78 is 17.1. The van der Waals surface area contributed by atoms with Gasteiger partial charge in [-0.25, -0.2) is 5.43 Å². The van der Waals surface area contributed by atoms with E-state index in [-0.39, 0.29) is 12.3 Å². The minimum atomic E-state index is -0.978. The number of halogens is 3. The highest BCUT2D eigenvalue weighted by Crippen LogP contribution is 2.37. The van der Waals surface area contributed by atoms with Crippen molar-refractivity contribution in [3.05, 3.63) is 80.2 Å². The smallest absolute Gasteiger partial charge is 0.329 e. The summed E-state index contributed by atoms with van der Waals surface area (Å²) in [7, 11) is 2.93. The number of carbonyl (C=O) groups is 2. The Morgan fingerprint density at radius 3 is 2.46 bits per heavy atom. The van der Waals surface area contributed by atoms with Crippen molar-refractivity contribution in [3.63, 3.8) is 0 Å². The predicted molar refractivity (Wildman–Crippen MR) is 139 cm³/mol. The first-order valence-corrected chi connectivity index (χ1v) is 11.6. The maximum absolute atomic E-state index is 12.2. The minimum absolute atomic E-state index is 0.241. The van der Waals surface area contributed by atoms with Gasteiger partial charge in [-0.1, -0.05) is 41.4 Å². The number of hydrazone groups is 1. The number of carbonyl (C=O) groups excluding carboxylic acids is 2.